The average molecular weight is 371 g/mol. The molecule has 0 aliphatic heterocycles. The molecule has 0 bridgehead atoms. The van der Waals surface area contributed by atoms with Crippen LogP contribution in [0.25, 0.3) is 0 Å². The van der Waals surface area contributed by atoms with Crippen molar-refractivity contribution in [3.63, 3.8) is 0 Å². The number of hydrogen-bond acceptors (Lipinski definition) is 5. The highest BCUT2D eigenvalue weighted by atomic mass is 16.5. The van der Waals surface area contributed by atoms with E-state index >= 15 is 0 Å². The summed E-state index contributed by atoms with van der Waals surface area (Å²) >= 11 is 0. The highest BCUT2D eigenvalue weighted by Crippen LogP contribution is 2.17. The molecule has 0 saturated heterocycles. The molecule has 142 valence electrons. The molecule has 1 unspecified atom stereocenters. The van der Waals surface area contributed by atoms with Crippen molar-refractivity contribution in [1.82, 2.24) is 5.32 Å². The fourth-order valence-corrected chi connectivity index (χ4v) is 2.11. The van der Waals surface area contributed by atoms with Crippen molar-refractivity contribution in [2.24, 2.45) is 5.73 Å². The third-order valence-corrected chi connectivity index (χ3v) is 3.44. The number of benzene rings is 2. The van der Waals surface area contributed by atoms with E-state index in [2.05, 4.69) is 10.6 Å². The first-order chi connectivity index (χ1) is 12.9. The quantitative estimate of drug-likeness (QED) is 0.611. The molecule has 8 nitrogen and oxygen atoms in total. The first-order valence-corrected chi connectivity index (χ1v) is 8.23. The maximum atomic E-state index is 11.8. The number of carbonyl (C=O) groups excluding carboxylic acids is 3. The molecule has 0 aromatic heterocycles. The van der Waals surface area contributed by atoms with Crippen molar-refractivity contribution in [2.45, 2.75) is 19.6 Å². The van der Waals surface area contributed by atoms with Gasteiger partial charge < -0.3 is 25.8 Å². The molecule has 2 rings (SSSR count). The molecular formula is C19H21N3O5. The van der Waals surface area contributed by atoms with Crippen LogP contribution in [0.15, 0.2) is 54.6 Å². The first-order valence-electron chi connectivity index (χ1n) is 8.23. The molecule has 0 spiro atoms. The molecule has 27 heavy (non-hydrogen) atoms. The number of ether oxygens (including phenoxy) is 2. The van der Waals surface area contributed by atoms with E-state index in [0.717, 1.165) is 5.56 Å². The Morgan fingerprint density at radius 3 is 2.33 bits per heavy atom. The highest BCUT2D eigenvalue weighted by molar-refractivity contribution is 5.93. The summed E-state index contributed by atoms with van der Waals surface area (Å²) in [5.74, 6) is -0.601. The standard InChI is InChI=1S/C19H21N3O5/c1-13(21-19(20)25)18(24)27-12-17(23)22-15-7-9-16(10-8-15)26-11-14-5-3-2-4-6-14/h2-10,13H,11-12H2,1H3,(H,22,23)(H3,20,21,25). The third-order valence-electron chi connectivity index (χ3n) is 3.44. The smallest absolute Gasteiger partial charge is 0.328 e. The lowest BCUT2D eigenvalue weighted by molar-refractivity contribution is -0.148. The molecule has 0 heterocycles. The van der Waals surface area contributed by atoms with Crippen LogP contribution in [0.2, 0.25) is 0 Å². The summed E-state index contributed by atoms with van der Waals surface area (Å²) in [5, 5.41) is 4.76. The Balaban J connectivity index is 1.75. The van der Waals surface area contributed by atoms with E-state index in [-0.39, 0.29) is 0 Å². The molecule has 1 atom stereocenters. The molecule has 0 radical (unpaired) electrons. The number of esters is 1. The van der Waals surface area contributed by atoms with Crippen molar-refractivity contribution in [2.75, 3.05) is 11.9 Å². The number of rotatable bonds is 8. The maximum Gasteiger partial charge on any atom is 0.328 e. The zero-order valence-corrected chi connectivity index (χ0v) is 14.8. The Morgan fingerprint density at radius 1 is 1.04 bits per heavy atom. The van der Waals surface area contributed by atoms with Crippen molar-refractivity contribution in [3.8, 4) is 5.75 Å². The number of primary amides is 1. The molecule has 2 aromatic rings. The van der Waals surface area contributed by atoms with Crippen molar-refractivity contribution in [3.05, 3.63) is 60.2 Å². The predicted molar refractivity (Wildman–Crippen MR) is 99.0 cm³/mol. The van der Waals surface area contributed by atoms with E-state index in [9.17, 15) is 14.4 Å². The predicted octanol–water partition coefficient (Wildman–Crippen LogP) is 1.80. The van der Waals surface area contributed by atoms with E-state index < -0.39 is 30.6 Å². The lowest BCUT2D eigenvalue weighted by Gasteiger charge is -2.12. The lowest BCUT2D eigenvalue weighted by atomic mass is 10.2. The molecular weight excluding hydrogens is 350 g/mol. The molecule has 3 amide bonds. The second kappa shape index (κ2) is 9.81. The zero-order chi connectivity index (χ0) is 19.6. The van der Waals surface area contributed by atoms with Gasteiger partial charge in [-0.25, -0.2) is 9.59 Å². The van der Waals surface area contributed by atoms with Crippen LogP contribution in [0.5, 0.6) is 5.75 Å². The van der Waals surface area contributed by atoms with Crippen LogP contribution in [0.4, 0.5) is 10.5 Å². The van der Waals surface area contributed by atoms with E-state index in [1.54, 1.807) is 24.3 Å². The van der Waals surface area contributed by atoms with Gasteiger partial charge in [0.2, 0.25) is 0 Å². The number of hydrogen-bond donors (Lipinski definition) is 3. The largest absolute Gasteiger partial charge is 0.489 e. The van der Waals surface area contributed by atoms with Gasteiger partial charge in [0.1, 0.15) is 18.4 Å². The summed E-state index contributed by atoms with van der Waals surface area (Å²) in [6.45, 7) is 1.37. The first kappa shape index (κ1) is 19.8. The lowest BCUT2D eigenvalue weighted by Crippen LogP contribution is -2.43. The van der Waals surface area contributed by atoms with Gasteiger partial charge in [0.05, 0.1) is 0 Å². The molecule has 0 fully saturated rings. The van der Waals surface area contributed by atoms with Crippen molar-refractivity contribution >= 4 is 23.6 Å². The SMILES string of the molecule is CC(NC(N)=O)C(=O)OCC(=O)Nc1ccc(OCc2ccccc2)cc1. The minimum Gasteiger partial charge on any atom is -0.489 e. The molecule has 0 aliphatic rings. The topological polar surface area (TPSA) is 120 Å². The number of nitrogens with two attached hydrogens (primary N) is 1. The monoisotopic (exact) mass is 371 g/mol. The van der Waals surface area contributed by atoms with Gasteiger partial charge in [-0.3, -0.25) is 4.79 Å². The van der Waals surface area contributed by atoms with Crippen LogP contribution in [0.1, 0.15) is 12.5 Å². The van der Waals surface area contributed by atoms with Gasteiger partial charge in [0, 0.05) is 5.69 Å². The summed E-state index contributed by atoms with van der Waals surface area (Å²) < 4.78 is 10.5. The molecule has 2 aromatic carbocycles. The van der Waals surface area contributed by atoms with Crippen LogP contribution in [0.3, 0.4) is 0 Å². The second-order valence-electron chi connectivity index (χ2n) is 5.68. The van der Waals surface area contributed by atoms with E-state index in [1.807, 2.05) is 30.3 Å². The van der Waals surface area contributed by atoms with E-state index in [0.29, 0.717) is 18.0 Å². The van der Waals surface area contributed by atoms with Crippen LogP contribution in [0, 0.1) is 0 Å². The van der Waals surface area contributed by atoms with Gasteiger partial charge in [-0.05, 0) is 36.8 Å². The minimum absolute atomic E-state index is 0.444. The summed E-state index contributed by atoms with van der Waals surface area (Å²) in [6.07, 6.45) is 0. The number of urea groups is 1. The second-order valence-corrected chi connectivity index (χ2v) is 5.68. The minimum atomic E-state index is -0.934. The average Bonchev–Trinajstić information content (AvgIpc) is 2.66. The Bertz CT molecular complexity index is 778. The fraction of sp³-hybridized carbons (Fsp3) is 0.211. The van der Waals surface area contributed by atoms with Gasteiger partial charge in [0.15, 0.2) is 6.61 Å². The highest BCUT2D eigenvalue weighted by Gasteiger charge is 2.17. The Hall–Kier alpha value is -3.55. The molecule has 0 saturated carbocycles. The number of nitrogens with one attached hydrogen (secondary N) is 2. The maximum absolute atomic E-state index is 11.8. The normalized spacial score (nSPS) is 11.1. The number of carbonyl (C=O) groups is 3. The molecule has 4 N–H and O–H groups in total. The van der Waals surface area contributed by atoms with Crippen molar-refractivity contribution in [1.29, 1.82) is 0 Å². The van der Waals surface area contributed by atoms with Crippen molar-refractivity contribution < 1.29 is 23.9 Å². The summed E-state index contributed by atoms with van der Waals surface area (Å²) in [6, 6.07) is 14.8. The van der Waals surface area contributed by atoms with Gasteiger partial charge >= 0.3 is 12.0 Å². The Kier molecular flexibility index (Phi) is 7.18. The third kappa shape index (κ3) is 7.07. The van der Waals surface area contributed by atoms with Gasteiger partial charge in [-0.1, -0.05) is 30.3 Å². The summed E-state index contributed by atoms with van der Waals surface area (Å²) in [5.41, 5.74) is 6.49. The Labute approximate surface area is 156 Å². The summed E-state index contributed by atoms with van der Waals surface area (Å²) in [4.78, 5) is 34.1. The summed E-state index contributed by atoms with van der Waals surface area (Å²) in [7, 11) is 0. The van der Waals surface area contributed by atoms with Gasteiger partial charge in [-0.2, -0.15) is 0 Å². The van der Waals surface area contributed by atoms with Gasteiger partial charge in [-0.15, -0.1) is 0 Å². The fourth-order valence-electron chi connectivity index (χ4n) is 2.11. The number of amides is 3. The van der Waals surface area contributed by atoms with Gasteiger partial charge in [0.25, 0.3) is 5.91 Å². The zero-order valence-electron chi connectivity index (χ0n) is 14.8. The van der Waals surface area contributed by atoms with Crippen LogP contribution in [-0.2, 0) is 20.9 Å². The number of anilines is 1. The molecule has 0 aliphatic carbocycles. The van der Waals surface area contributed by atoms with Crippen LogP contribution in [-0.4, -0.2) is 30.6 Å². The van der Waals surface area contributed by atoms with E-state index in [4.69, 9.17) is 15.2 Å². The Morgan fingerprint density at radius 2 is 1.70 bits per heavy atom. The van der Waals surface area contributed by atoms with Crippen LogP contribution < -0.4 is 21.1 Å². The molecule has 8 heteroatoms. The van der Waals surface area contributed by atoms with Crippen LogP contribution >= 0.6 is 0 Å². The van der Waals surface area contributed by atoms with E-state index in [1.165, 1.54) is 6.92 Å².